The molecule has 22 heavy (non-hydrogen) atoms. The average molecular weight is 322 g/mol. The minimum atomic E-state index is 0.123. The van der Waals surface area contributed by atoms with Gasteiger partial charge in [-0.2, -0.15) is 0 Å². The van der Waals surface area contributed by atoms with Crippen molar-refractivity contribution in [1.29, 1.82) is 0 Å². The van der Waals surface area contributed by atoms with Crippen molar-refractivity contribution < 1.29 is 4.79 Å². The number of hydrogen-bond acceptors (Lipinski definition) is 5. The Labute approximate surface area is 136 Å². The number of carbonyl (C=O) groups is 1. The maximum atomic E-state index is 12.2. The Balaban J connectivity index is 1.49. The van der Waals surface area contributed by atoms with Crippen LogP contribution in [0.5, 0.6) is 0 Å². The average Bonchev–Trinajstić information content (AvgIpc) is 2.84. The Morgan fingerprint density at radius 1 is 1.18 bits per heavy atom. The molecule has 3 rings (SSSR count). The van der Waals surface area contributed by atoms with E-state index in [4.69, 9.17) is 0 Å². The van der Waals surface area contributed by atoms with Gasteiger partial charge < -0.3 is 16.0 Å². The molecule has 2 aliphatic heterocycles. The molecule has 2 fully saturated rings. The van der Waals surface area contributed by atoms with E-state index < -0.39 is 0 Å². The molecule has 1 aromatic rings. The summed E-state index contributed by atoms with van der Waals surface area (Å²) in [6.45, 7) is 4.26. The largest absolute Gasteiger partial charge is 0.317 e. The van der Waals surface area contributed by atoms with Gasteiger partial charge in [0.05, 0.1) is 5.69 Å². The van der Waals surface area contributed by atoms with Crippen LogP contribution in [0.2, 0.25) is 0 Å². The highest BCUT2D eigenvalue weighted by Crippen LogP contribution is 2.28. The molecular weight excluding hydrogens is 296 g/mol. The first-order valence-electron chi connectivity index (χ1n) is 8.48. The number of thiazole rings is 1. The van der Waals surface area contributed by atoms with Gasteiger partial charge in [-0.1, -0.05) is 0 Å². The summed E-state index contributed by atoms with van der Waals surface area (Å²) in [6.07, 6.45) is 6.35. The lowest BCUT2D eigenvalue weighted by atomic mass is 9.95. The van der Waals surface area contributed by atoms with E-state index in [9.17, 15) is 4.79 Å². The van der Waals surface area contributed by atoms with Gasteiger partial charge in [-0.05, 0) is 64.2 Å². The van der Waals surface area contributed by atoms with E-state index in [0.717, 1.165) is 62.7 Å². The Bertz CT molecular complexity index is 476. The summed E-state index contributed by atoms with van der Waals surface area (Å²) >= 11 is 1.56. The van der Waals surface area contributed by atoms with E-state index in [0.29, 0.717) is 18.3 Å². The molecule has 0 bridgehead atoms. The van der Waals surface area contributed by atoms with Gasteiger partial charge in [0.15, 0.2) is 5.13 Å². The van der Waals surface area contributed by atoms with Crippen molar-refractivity contribution in [2.24, 2.45) is 5.92 Å². The first-order chi connectivity index (χ1) is 10.8. The molecule has 0 aromatic carbocycles. The Morgan fingerprint density at radius 3 is 2.82 bits per heavy atom. The first-order valence-corrected chi connectivity index (χ1v) is 9.36. The second-order valence-electron chi connectivity index (χ2n) is 6.40. The van der Waals surface area contributed by atoms with E-state index in [2.05, 4.69) is 26.3 Å². The van der Waals surface area contributed by atoms with Gasteiger partial charge in [0, 0.05) is 17.7 Å². The lowest BCUT2D eigenvalue weighted by Crippen LogP contribution is -2.26. The second-order valence-corrected chi connectivity index (χ2v) is 7.26. The highest BCUT2D eigenvalue weighted by atomic mass is 32.1. The third-order valence-electron chi connectivity index (χ3n) is 4.70. The van der Waals surface area contributed by atoms with Crippen LogP contribution in [0.25, 0.3) is 0 Å². The fourth-order valence-electron chi connectivity index (χ4n) is 3.38. The normalized spacial score (nSPS) is 23.9. The van der Waals surface area contributed by atoms with Gasteiger partial charge in [-0.3, -0.25) is 4.79 Å². The molecule has 5 nitrogen and oxygen atoms in total. The molecule has 3 heterocycles. The number of nitrogens with zero attached hydrogens (tertiary/aromatic N) is 1. The van der Waals surface area contributed by atoms with Crippen molar-refractivity contribution >= 4 is 22.4 Å². The smallest absolute Gasteiger partial charge is 0.226 e. The van der Waals surface area contributed by atoms with Crippen molar-refractivity contribution in [3.63, 3.8) is 0 Å². The SMILES string of the molecule is O=C(CC1CCCNCC1)Nc1nc(C2CCNCC2)cs1. The molecule has 1 aromatic heterocycles. The maximum Gasteiger partial charge on any atom is 0.226 e. The number of nitrogens with one attached hydrogen (secondary N) is 3. The predicted octanol–water partition coefficient (Wildman–Crippen LogP) is 2.33. The van der Waals surface area contributed by atoms with E-state index in [1.807, 2.05) is 0 Å². The first kappa shape index (κ1) is 15.9. The zero-order chi connectivity index (χ0) is 15.2. The molecule has 0 aliphatic carbocycles. The standard InChI is InChI=1S/C16H26N4OS/c21-15(10-12-2-1-6-17-7-3-12)20-16-19-14(11-22-16)13-4-8-18-9-5-13/h11-13,17-18H,1-10H2,(H,19,20,21). The third-order valence-corrected chi connectivity index (χ3v) is 5.47. The second kappa shape index (κ2) is 8.04. The Morgan fingerprint density at radius 2 is 1.95 bits per heavy atom. The van der Waals surface area contributed by atoms with Crippen molar-refractivity contribution in [3.05, 3.63) is 11.1 Å². The van der Waals surface area contributed by atoms with Crippen LogP contribution in [-0.4, -0.2) is 37.1 Å². The van der Waals surface area contributed by atoms with Crippen molar-refractivity contribution in [2.75, 3.05) is 31.5 Å². The van der Waals surface area contributed by atoms with Crippen LogP contribution < -0.4 is 16.0 Å². The lowest BCUT2D eigenvalue weighted by molar-refractivity contribution is -0.117. The van der Waals surface area contributed by atoms with Gasteiger partial charge in [0.2, 0.25) is 5.91 Å². The van der Waals surface area contributed by atoms with Crippen LogP contribution in [0.4, 0.5) is 5.13 Å². The summed E-state index contributed by atoms with van der Waals surface area (Å²) < 4.78 is 0. The fraction of sp³-hybridized carbons (Fsp3) is 0.750. The summed E-state index contributed by atoms with van der Waals surface area (Å²) in [5, 5.41) is 12.7. The minimum Gasteiger partial charge on any atom is -0.317 e. The van der Waals surface area contributed by atoms with Gasteiger partial charge >= 0.3 is 0 Å². The Kier molecular flexibility index (Phi) is 5.81. The molecule has 2 aliphatic rings. The molecule has 0 spiro atoms. The zero-order valence-corrected chi connectivity index (χ0v) is 13.9. The number of piperidine rings is 1. The van der Waals surface area contributed by atoms with Crippen LogP contribution in [-0.2, 0) is 4.79 Å². The molecule has 3 N–H and O–H groups in total. The number of carbonyl (C=O) groups excluding carboxylic acids is 1. The number of anilines is 1. The fourth-order valence-corrected chi connectivity index (χ4v) is 4.19. The highest BCUT2D eigenvalue weighted by Gasteiger charge is 2.20. The van der Waals surface area contributed by atoms with E-state index in [-0.39, 0.29) is 5.91 Å². The molecule has 0 saturated carbocycles. The van der Waals surface area contributed by atoms with Gasteiger partial charge in [0.25, 0.3) is 0 Å². The molecule has 6 heteroatoms. The molecule has 1 unspecified atom stereocenters. The number of rotatable bonds is 4. The van der Waals surface area contributed by atoms with Gasteiger partial charge in [0.1, 0.15) is 0 Å². The summed E-state index contributed by atoms with van der Waals surface area (Å²) in [5.74, 6) is 1.19. The van der Waals surface area contributed by atoms with E-state index in [1.54, 1.807) is 11.3 Å². The van der Waals surface area contributed by atoms with E-state index in [1.165, 1.54) is 6.42 Å². The molecular formula is C16H26N4OS. The van der Waals surface area contributed by atoms with Crippen LogP contribution in [0.3, 0.4) is 0 Å². The summed E-state index contributed by atoms with van der Waals surface area (Å²) in [7, 11) is 0. The number of aromatic nitrogens is 1. The number of amides is 1. The lowest BCUT2D eigenvalue weighted by Gasteiger charge is -2.20. The summed E-state index contributed by atoms with van der Waals surface area (Å²) in [5.41, 5.74) is 1.15. The maximum absolute atomic E-state index is 12.2. The van der Waals surface area contributed by atoms with Crippen molar-refractivity contribution in [2.45, 2.75) is 44.4 Å². The van der Waals surface area contributed by atoms with Crippen LogP contribution in [0.15, 0.2) is 5.38 Å². The molecule has 122 valence electrons. The van der Waals surface area contributed by atoms with Crippen molar-refractivity contribution in [1.82, 2.24) is 15.6 Å². The van der Waals surface area contributed by atoms with Gasteiger partial charge in [-0.15, -0.1) is 11.3 Å². The highest BCUT2D eigenvalue weighted by molar-refractivity contribution is 7.13. The number of hydrogen-bond donors (Lipinski definition) is 3. The quantitative estimate of drug-likeness (QED) is 0.796. The monoisotopic (exact) mass is 322 g/mol. The van der Waals surface area contributed by atoms with Crippen LogP contribution in [0.1, 0.15) is 50.1 Å². The van der Waals surface area contributed by atoms with Crippen LogP contribution >= 0.6 is 11.3 Å². The summed E-state index contributed by atoms with van der Waals surface area (Å²) in [6, 6.07) is 0. The van der Waals surface area contributed by atoms with E-state index >= 15 is 0 Å². The van der Waals surface area contributed by atoms with Gasteiger partial charge in [-0.25, -0.2) is 4.98 Å². The summed E-state index contributed by atoms with van der Waals surface area (Å²) in [4.78, 5) is 16.8. The molecule has 0 radical (unpaired) electrons. The predicted molar refractivity (Wildman–Crippen MR) is 90.4 cm³/mol. The third kappa shape index (κ3) is 4.51. The molecule has 1 amide bonds. The Hall–Kier alpha value is -0.980. The minimum absolute atomic E-state index is 0.123. The molecule has 1 atom stereocenters. The van der Waals surface area contributed by atoms with Crippen LogP contribution in [0, 0.1) is 5.92 Å². The van der Waals surface area contributed by atoms with Crippen molar-refractivity contribution in [3.8, 4) is 0 Å². The zero-order valence-electron chi connectivity index (χ0n) is 13.1. The molecule has 2 saturated heterocycles. The topological polar surface area (TPSA) is 66.0 Å².